The standard InChI is InChI=1S/C18H21FO2/c1-13-4-3-5-14(2)17(13)10-18(11-20,12-21)15-6-8-16(19)9-7-15/h3-9,20-21H,10-12H2,1-2H3. The fourth-order valence-electron chi connectivity index (χ4n) is 2.72. The van der Waals surface area contributed by atoms with E-state index >= 15 is 0 Å². The number of hydrogen-bond acceptors (Lipinski definition) is 2. The molecule has 0 radical (unpaired) electrons. The summed E-state index contributed by atoms with van der Waals surface area (Å²) < 4.78 is 13.1. The van der Waals surface area contributed by atoms with Crippen molar-refractivity contribution >= 4 is 0 Å². The van der Waals surface area contributed by atoms with Gasteiger partial charge in [0, 0.05) is 5.41 Å². The Morgan fingerprint density at radius 1 is 0.905 bits per heavy atom. The van der Waals surface area contributed by atoms with Crippen LogP contribution in [-0.4, -0.2) is 23.4 Å². The third kappa shape index (κ3) is 3.14. The lowest BCUT2D eigenvalue weighted by atomic mass is 9.75. The zero-order valence-electron chi connectivity index (χ0n) is 12.4. The van der Waals surface area contributed by atoms with Gasteiger partial charge in [-0.2, -0.15) is 0 Å². The summed E-state index contributed by atoms with van der Waals surface area (Å²) in [6.07, 6.45) is 0.518. The number of aryl methyl sites for hydroxylation is 2. The fourth-order valence-corrected chi connectivity index (χ4v) is 2.72. The van der Waals surface area contributed by atoms with E-state index in [0.717, 1.165) is 22.3 Å². The summed E-state index contributed by atoms with van der Waals surface area (Å²) in [5, 5.41) is 19.8. The highest BCUT2D eigenvalue weighted by atomic mass is 19.1. The third-order valence-corrected chi connectivity index (χ3v) is 4.22. The Balaban J connectivity index is 2.45. The van der Waals surface area contributed by atoms with Gasteiger partial charge in [0.25, 0.3) is 0 Å². The molecule has 2 aromatic carbocycles. The summed E-state index contributed by atoms with van der Waals surface area (Å²) >= 11 is 0. The van der Waals surface area contributed by atoms with E-state index < -0.39 is 5.41 Å². The van der Waals surface area contributed by atoms with E-state index in [9.17, 15) is 14.6 Å². The Labute approximate surface area is 124 Å². The minimum atomic E-state index is -0.801. The van der Waals surface area contributed by atoms with Gasteiger partial charge >= 0.3 is 0 Å². The van der Waals surface area contributed by atoms with Gasteiger partial charge in [0.1, 0.15) is 5.82 Å². The lowest BCUT2D eigenvalue weighted by Gasteiger charge is -2.32. The highest BCUT2D eigenvalue weighted by Gasteiger charge is 2.32. The molecule has 0 heterocycles. The maximum atomic E-state index is 13.1. The van der Waals surface area contributed by atoms with Crippen molar-refractivity contribution in [2.75, 3.05) is 13.2 Å². The Kier molecular flexibility index (Phi) is 4.76. The molecule has 0 unspecified atom stereocenters. The minimum Gasteiger partial charge on any atom is -0.395 e. The highest BCUT2D eigenvalue weighted by Crippen LogP contribution is 2.30. The number of aliphatic hydroxyl groups is 2. The average Bonchev–Trinajstić information content (AvgIpc) is 2.49. The normalized spacial score (nSPS) is 11.7. The van der Waals surface area contributed by atoms with Crippen molar-refractivity contribution in [1.29, 1.82) is 0 Å². The summed E-state index contributed by atoms with van der Waals surface area (Å²) in [6, 6.07) is 12.0. The molecule has 0 atom stereocenters. The second-order valence-corrected chi connectivity index (χ2v) is 5.65. The molecule has 0 bridgehead atoms. The highest BCUT2D eigenvalue weighted by molar-refractivity contribution is 5.38. The van der Waals surface area contributed by atoms with Gasteiger partial charge in [-0.1, -0.05) is 30.3 Å². The van der Waals surface area contributed by atoms with E-state index in [1.54, 1.807) is 12.1 Å². The largest absolute Gasteiger partial charge is 0.395 e. The molecular weight excluding hydrogens is 267 g/mol. The Morgan fingerprint density at radius 2 is 1.43 bits per heavy atom. The van der Waals surface area contributed by atoms with Crippen molar-refractivity contribution in [3.8, 4) is 0 Å². The average molecular weight is 288 g/mol. The fraction of sp³-hybridized carbons (Fsp3) is 0.333. The second kappa shape index (κ2) is 6.37. The van der Waals surface area contributed by atoms with Crippen LogP contribution < -0.4 is 0 Å². The van der Waals surface area contributed by atoms with E-state index in [1.165, 1.54) is 12.1 Å². The van der Waals surface area contributed by atoms with Gasteiger partial charge in [-0.3, -0.25) is 0 Å². The van der Waals surface area contributed by atoms with Crippen LogP contribution in [0.1, 0.15) is 22.3 Å². The quantitative estimate of drug-likeness (QED) is 0.888. The van der Waals surface area contributed by atoms with Crippen LogP contribution in [0.15, 0.2) is 42.5 Å². The van der Waals surface area contributed by atoms with Gasteiger partial charge in [-0.25, -0.2) is 4.39 Å². The van der Waals surface area contributed by atoms with E-state index in [-0.39, 0.29) is 19.0 Å². The van der Waals surface area contributed by atoms with E-state index in [4.69, 9.17) is 0 Å². The van der Waals surface area contributed by atoms with Crippen LogP contribution in [0.3, 0.4) is 0 Å². The van der Waals surface area contributed by atoms with Gasteiger partial charge in [-0.15, -0.1) is 0 Å². The monoisotopic (exact) mass is 288 g/mol. The number of aliphatic hydroxyl groups excluding tert-OH is 2. The molecule has 0 saturated heterocycles. The maximum absolute atomic E-state index is 13.1. The first-order valence-corrected chi connectivity index (χ1v) is 7.05. The lowest BCUT2D eigenvalue weighted by Crippen LogP contribution is -2.37. The first kappa shape index (κ1) is 15.7. The lowest BCUT2D eigenvalue weighted by molar-refractivity contribution is 0.116. The second-order valence-electron chi connectivity index (χ2n) is 5.65. The van der Waals surface area contributed by atoms with Gasteiger partial charge in [0.15, 0.2) is 0 Å². The summed E-state index contributed by atoms with van der Waals surface area (Å²) in [5.41, 5.74) is 3.32. The number of rotatable bonds is 5. The summed E-state index contributed by atoms with van der Waals surface area (Å²) in [6.45, 7) is 3.66. The predicted molar refractivity (Wildman–Crippen MR) is 81.9 cm³/mol. The SMILES string of the molecule is Cc1cccc(C)c1CC(CO)(CO)c1ccc(F)cc1. The Morgan fingerprint density at radius 3 is 1.90 bits per heavy atom. The molecule has 0 amide bonds. The summed E-state index contributed by atoms with van der Waals surface area (Å²) in [5.74, 6) is -0.324. The van der Waals surface area contributed by atoms with Crippen molar-refractivity contribution in [2.45, 2.75) is 25.7 Å². The van der Waals surface area contributed by atoms with E-state index in [1.807, 2.05) is 32.0 Å². The molecule has 2 N–H and O–H groups in total. The summed E-state index contributed by atoms with van der Waals surface area (Å²) in [4.78, 5) is 0. The number of halogens is 1. The van der Waals surface area contributed by atoms with Crippen LogP contribution in [0.5, 0.6) is 0 Å². The van der Waals surface area contributed by atoms with Gasteiger partial charge < -0.3 is 10.2 Å². The van der Waals surface area contributed by atoms with Crippen LogP contribution in [0, 0.1) is 19.7 Å². The van der Waals surface area contributed by atoms with Crippen molar-refractivity contribution in [2.24, 2.45) is 0 Å². The molecule has 21 heavy (non-hydrogen) atoms. The number of benzene rings is 2. The van der Waals surface area contributed by atoms with Crippen LogP contribution in [-0.2, 0) is 11.8 Å². The van der Waals surface area contributed by atoms with Crippen molar-refractivity contribution in [3.05, 3.63) is 70.5 Å². The van der Waals surface area contributed by atoms with Crippen LogP contribution in [0.2, 0.25) is 0 Å². The smallest absolute Gasteiger partial charge is 0.123 e. The molecular formula is C18H21FO2. The predicted octanol–water partition coefficient (Wildman–Crippen LogP) is 2.91. The van der Waals surface area contributed by atoms with Crippen LogP contribution in [0.4, 0.5) is 4.39 Å². The molecule has 0 aliphatic rings. The molecule has 0 aromatic heterocycles. The third-order valence-electron chi connectivity index (χ3n) is 4.22. The van der Waals surface area contributed by atoms with Crippen molar-refractivity contribution in [1.82, 2.24) is 0 Å². The maximum Gasteiger partial charge on any atom is 0.123 e. The van der Waals surface area contributed by atoms with Crippen LogP contribution >= 0.6 is 0 Å². The molecule has 112 valence electrons. The first-order chi connectivity index (χ1) is 10.0. The molecule has 2 aromatic rings. The zero-order valence-corrected chi connectivity index (χ0v) is 12.4. The zero-order chi connectivity index (χ0) is 15.5. The van der Waals surface area contributed by atoms with E-state index in [0.29, 0.717) is 6.42 Å². The topological polar surface area (TPSA) is 40.5 Å². The molecule has 2 nitrogen and oxygen atoms in total. The van der Waals surface area contributed by atoms with Crippen LogP contribution in [0.25, 0.3) is 0 Å². The Hall–Kier alpha value is -1.71. The molecule has 0 aliphatic carbocycles. The Bertz CT molecular complexity index is 581. The first-order valence-electron chi connectivity index (χ1n) is 7.05. The minimum absolute atomic E-state index is 0.192. The summed E-state index contributed by atoms with van der Waals surface area (Å²) in [7, 11) is 0. The molecule has 0 saturated carbocycles. The molecule has 0 spiro atoms. The van der Waals surface area contributed by atoms with E-state index in [2.05, 4.69) is 0 Å². The molecule has 3 heteroatoms. The van der Waals surface area contributed by atoms with Crippen molar-refractivity contribution in [3.63, 3.8) is 0 Å². The van der Waals surface area contributed by atoms with Gasteiger partial charge in [0.2, 0.25) is 0 Å². The molecule has 0 aliphatic heterocycles. The van der Waals surface area contributed by atoms with Gasteiger partial charge in [-0.05, 0) is 54.7 Å². The number of hydrogen-bond donors (Lipinski definition) is 2. The molecule has 2 rings (SSSR count). The van der Waals surface area contributed by atoms with Crippen molar-refractivity contribution < 1.29 is 14.6 Å². The van der Waals surface area contributed by atoms with Gasteiger partial charge in [0.05, 0.1) is 13.2 Å². The molecule has 0 fully saturated rings.